The molecule has 1 N–H and O–H groups in total. The fourth-order valence-corrected chi connectivity index (χ4v) is 0.662. The second kappa shape index (κ2) is 11.5. The quantitative estimate of drug-likeness (QED) is 0.714. The Morgan fingerprint density at radius 1 is 1.23 bits per heavy atom. The summed E-state index contributed by atoms with van der Waals surface area (Å²) < 4.78 is 0. The van der Waals surface area contributed by atoms with Crippen molar-refractivity contribution in [3.8, 4) is 0 Å². The Balaban J connectivity index is 0. The van der Waals surface area contributed by atoms with Crippen molar-refractivity contribution in [2.24, 2.45) is 5.92 Å². The van der Waals surface area contributed by atoms with Gasteiger partial charge < -0.3 is 5.11 Å². The van der Waals surface area contributed by atoms with E-state index in [9.17, 15) is 4.79 Å². The van der Waals surface area contributed by atoms with Gasteiger partial charge in [0.2, 0.25) is 0 Å². The van der Waals surface area contributed by atoms with E-state index in [1.807, 2.05) is 0 Å². The molecule has 0 heterocycles. The maximum absolute atomic E-state index is 9.98. The first-order chi connectivity index (χ1) is 6.04. The summed E-state index contributed by atoms with van der Waals surface area (Å²) in [5, 5.41) is 8.23. The van der Waals surface area contributed by atoms with Crippen LogP contribution in [-0.4, -0.2) is 11.1 Å². The Labute approximate surface area is 82.4 Å². The number of hydrogen-bond donors (Lipinski definition) is 1. The summed E-state index contributed by atoms with van der Waals surface area (Å²) in [5.74, 6) is -0.0556. The van der Waals surface area contributed by atoms with Gasteiger partial charge in [0.05, 0.1) is 0 Å². The van der Waals surface area contributed by atoms with E-state index >= 15 is 0 Å². The highest BCUT2D eigenvalue weighted by Gasteiger charge is 1.97. The highest BCUT2D eigenvalue weighted by atomic mass is 16.4. The molecular formula is C11H24O2. The van der Waals surface area contributed by atoms with E-state index in [2.05, 4.69) is 27.7 Å². The molecule has 0 aliphatic carbocycles. The molecule has 80 valence electrons. The fourth-order valence-electron chi connectivity index (χ4n) is 0.662. The number of carboxylic acids is 1. The van der Waals surface area contributed by atoms with Gasteiger partial charge >= 0.3 is 5.97 Å². The van der Waals surface area contributed by atoms with Gasteiger partial charge in [0.1, 0.15) is 0 Å². The molecule has 0 atom stereocenters. The largest absolute Gasteiger partial charge is 0.481 e. The molecule has 0 spiro atoms. The van der Waals surface area contributed by atoms with E-state index in [1.54, 1.807) is 0 Å². The molecule has 0 aromatic heterocycles. The van der Waals surface area contributed by atoms with E-state index in [0.29, 0.717) is 12.3 Å². The molecule has 0 aliphatic rings. The first-order valence-corrected chi connectivity index (χ1v) is 5.26. The number of carboxylic acid groups (broad SMARTS) is 1. The number of rotatable bonds is 5. The van der Waals surface area contributed by atoms with Crippen LogP contribution < -0.4 is 0 Å². The van der Waals surface area contributed by atoms with Crippen LogP contribution in [-0.2, 0) is 4.79 Å². The van der Waals surface area contributed by atoms with Crippen molar-refractivity contribution in [2.45, 2.75) is 59.8 Å². The lowest BCUT2D eigenvalue weighted by atomic mass is 10.1. The zero-order chi connectivity index (χ0) is 10.7. The van der Waals surface area contributed by atoms with Crippen molar-refractivity contribution in [1.82, 2.24) is 0 Å². The second-order valence-electron chi connectivity index (χ2n) is 3.68. The summed E-state index contributed by atoms with van der Waals surface area (Å²) in [6.07, 6.45) is 4.79. The minimum absolute atomic E-state index is 0.318. The fraction of sp³-hybridized carbons (Fsp3) is 0.909. The second-order valence-corrected chi connectivity index (χ2v) is 3.68. The molecule has 0 unspecified atom stereocenters. The summed E-state index contributed by atoms with van der Waals surface area (Å²) in [6, 6.07) is 0. The molecule has 0 saturated carbocycles. The molecule has 13 heavy (non-hydrogen) atoms. The number of carbonyl (C=O) groups is 1. The maximum Gasteiger partial charge on any atom is 0.303 e. The Hall–Kier alpha value is -0.530. The number of unbranched alkanes of at least 4 members (excludes halogenated alkanes) is 1. The van der Waals surface area contributed by atoms with E-state index < -0.39 is 5.97 Å². The van der Waals surface area contributed by atoms with Crippen LogP contribution in [0.5, 0.6) is 0 Å². The molecular weight excluding hydrogens is 164 g/mol. The Morgan fingerprint density at radius 3 is 1.92 bits per heavy atom. The van der Waals surface area contributed by atoms with Crippen molar-refractivity contribution >= 4 is 5.97 Å². The van der Waals surface area contributed by atoms with Crippen molar-refractivity contribution in [3.63, 3.8) is 0 Å². The summed E-state index contributed by atoms with van der Waals surface area (Å²) in [7, 11) is 0. The van der Waals surface area contributed by atoms with Crippen LogP contribution in [0.1, 0.15) is 59.8 Å². The van der Waals surface area contributed by atoms with Crippen LogP contribution in [0.3, 0.4) is 0 Å². The van der Waals surface area contributed by atoms with E-state index in [-0.39, 0.29) is 0 Å². The van der Waals surface area contributed by atoms with Gasteiger partial charge in [-0.15, -0.1) is 0 Å². The predicted octanol–water partition coefficient (Wildman–Crippen LogP) is 3.70. The van der Waals surface area contributed by atoms with Crippen LogP contribution in [0.15, 0.2) is 0 Å². The molecule has 0 radical (unpaired) electrons. The first kappa shape index (κ1) is 15.0. The van der Waals surface area contributed by atoms with E-state index in [0.717, 1.165) is 12.8 Å². The van der Waals surface area contributed by atoms with Crippen LogP contribution in [0.2, 0.25) is 0 Å². The van der Waals surface area contributed by atoms with Crippen LogP contribution in [0, 0.1) is 5.92 Å². The molecule has 0 amide bonds. The molecule has 0 aliphatic heterocycles. The summed E-state index contributed by atoms with van der Waals surface area (Å²) in [5.41, 5.74) is 0. The SMILES string of the molecule is CC(C)CCCC(=O)O.CCCC. The number of aliphatic carboxylic acids is 1. The van der Waals surface area contributed by atoms with Crippen molar-refractivity contribution in [2.75, 3.05) is 0 Å². The zero-order valence-corrected chi connectivity index (χ0v) is 9.47. The standard InChI is InChI=1S/C7H14O2.C4H10/c1-6(2)4-3-5-7(8)9;1-3-4-2/h6H,3-5H2,1-2H3,(H,8,9);3-4H2,1-2H3. The van der Waals surface area contributed by atoms with E-state index in [1.165, 1.54) is 12.8 Å². The monoisotopic (exact) mass is 188 g/mol. The van der Waals surface area contributed by atoms with Gasteiger partial charge in [-0.25, -0.2) is 0 Å². The van der Waals surface area contributed by atoms with Crippen LogP contribution in [0.25, 0.3) is 0 Å². The van der Waals surface area contributed by atoms with Crippen molar-refractivity contribution in [1.29, 1.82) is 0 Å². The van der Waals surface area contributed by atoms with Crippen molar-refractivity contribution < 1.29 is 9.90 Å². The van der Waals surface area contributed by atoms with Crippen LogP contribution in [0.4, 0.5) is 0 Å². The normalized spacial score (nSPS) is 9.31. The molecule has 2 heteroatoms. The van der Waals surface area contributed by atoms with Gasteiger partial charge in [-0.3, -0.25) is 4.79 Å². The molecule has 0 fully saturated rings. The molecule has 0 bridgehead atoms. The van der Waals surface area contributed by atoms with E-state index in [4.69, 9.17) is 5.11 Å². The minimum atomic E-state index is -0.685. The third kappa shape index (κ3) is 24.6. The molecule has 2 nitrogen and oxygen atoms in total. The molecule has 0 rings (SSSR count). The average Bonchev–Trinajstić information content (AvgIpc) is 2.03. The van der Waals surface area contributed by atoms with Gasteiger partial charge in [0.15, 0.2) is 0 Å². The smallest absolute Gasteiger partial charge is 0.303 e. The lowest BCUT2D eigenvalue weighted by Gasteiger charge is -1.99. The maximum atomic E-state index is 9.98. The predicted molar refractivity (Wildman–Crippen MR) is 56.9 cm³/mol. The Kier molecular flexibility index (Phi) is 13.2. The van der Waals surface area contributed by atoms with Gasteiger partial charge in [-0.1, -0.05) is 47.0 Å². The molecule has 0 saturated heterocycles. The first-order valence-electron chi connectivity index (χ1n) is 5.26. The summed E-state index contributed by atoms with van der Waals surface area (Å²) in [6.45, 7) is 8.56. The average molecular weight is 188 g/mol. The van der Waals surface area contributed by atoms with Gasteiger partial charge in [-0.2, -0.15) is 0 Å². The topological polar surface area (TPSA) is 37.3 Å². The third-order valence-corrected chi connectivity index (χ3v) is 1.67. The van der Waals surface area contributed by atoms with Gasteiger partial charge in [0.25, 0.3) is 0 Å². The van der Waals surface area contributed by atoms with Crippen molar-refractivity contribution in [3.05, 3.63) is 0 Å². The van der Waals surface area contributed by atoms with Gasteiger partial charge in [-0.05, 0) is 12.3 Å². The number of hydrogen-bond acceptors (Lipinski definition) is 1. The third-order valence-electron chi connectivity index (χ3n) is 1.67. The lowest BCUT2D eigenvalue weighted by Crippen LogP contribution is -1.95. The molecule has 0 aromatic rings. The Bertz CT molecular complexity index is 107. The summed E-state index contributed by atoms with van der Waals surface area (Å²) in [4.78, 5) is 9.98. The van der Waals surface area contributed by atoms with Gasteiger partial charge in [0, 0.05) is 6.42 Å². The van der Waals surface area contributed by atoms with Crippen LogP contribution >= 0.6 is 0 Å². The highest BCUT2D eigenvalue weighted by Crippen LogP contribution is 2.05. The Morgan fingerprint density at radius 2 is 1.69 bits per heavy atom. The highest BCUT2D eigenvalue weighted by molar-refractivity contribution is 5.66. The minimum Gasteiger partial charge on any atom is -0.481 e. The zero-order valence-electron chi connectivity index (χ0n) is 9.47. The lowest BCUT2D eigenvalue weighted by molar-refractivity contribution is -0.137. The molecule has 0 aromatic carbocycles. The summed E-state index contributed by atoms with van der Waals surface area (Å²) >= 11 is 0.